The highest BCUT2D eigenvalue weighted by Crippen LogP contribution is 2.44. The maximum absolute atomic E-state index is 13.1. The Morgan fingerprint density at radius 1 is 1.18 bits per heavy atom. The second kappa shape index (κ2) is 11.1. The molecule has 4 aromatic rings. The van der Waals surface area contributed by atoms with Crippen molar-refractivity contribution in [2.75, 3.05) is 31.6 Å². The molecule has 1 aliphatic heterocycles. The molecule has 10 nitrogen and oxygen atoms in total. The minimum Gasteiger partial charge on any atom is -0.462 e. The number of nitrogens with zero attached hydrogens (tertiary/aromatic N) is 5. The van der Waals surface area contributed by atoms with Gasteiger partial charge in [-0.2, -0.15) is 4.98 Å². The molecule has 12 heteroatoms. The van der Waals surface area contributed by atoms with Crippen LogP contribution in [-0.4, -0.2) is 63.1 Å². The molecule has 1 N–H and O–H groups in total. The Hall–Kier alpha value is -3.48. The fourth-order valence-electron chi connectivity index (χ4n) is 4.46. The summed E-state index contributed by atoms with van der Waals surface area (Å²) in [7, 11) is 0. The van der Waals surface area contributed by atoms with Crippen molar-refractivity contribution in [3.63, 3.8) is 0 Å². The minimum atomic E-state index is -0.480. The third kappa shape index (κ3) is 5.38. The zero-order valence-electron chi connectivity index (χ0n) is 20.8. The minimum absolute atomic E-state index is 0.150. The Bertz CT molecular complexity index is 1440. The van der Waals surface area contributed by atoms with E-state index < -0.39 is 11.4 Å². The first-order chi connectivity index (χ1) is 18.4. The van der Waals surface area contributed by atoms with Crippen LogP contribution < -0.4 is 5.32 Å². The summed E-state index contributed by atoms with van der Waals surface area (Å²) >= 11 is 4.87. The molecule has 1 aromatic carbocycles. The fraction of sp³-hybridized carbons (Fsp3) is 0.308. The van der Waals surface area contributed by atoms with Gasteiger partial charge < -0.3 is 14.6 Å². The molecule has 196 valence electrons. The zero-order chi connectivity index (χ0) is 26.7. The summed E-state index contributed by atoms with van der Waals surface area (Å²) in [6.45, 7) is 5.41. The van der Waals surface area contributed by atoms with E-state index >= 15 is 0 Å². The van der Waals surface area contributed by atoms with Gasteiger partial charge in [0.2, 0.25) is 23.4 Å². The molecule has 4 heterocycles. The van der Waals surface area contributed by atoms with Gasteiger partial charge in [-0.1, -0.05) is 35.5 Å². The molecule has 1 unspecified atom stereocenters. The standard InChI is InChI=1S/C26H25BrN6O4S/c1-3-36-24(35)19-18(16-8-5-4-6-9-16)20(27)38-23(19)30-17(34)14-33-13-10-26(2,15-33)25-31-22(32-37-25)21-28-11-7-12-29-21/h4-9,11-12H,3,10,13-15H2,1-2H3,(H,30,34). The van der Waals surface area contributed by atoms with Crippen molar-refractivity contribution in [1.29, 1.82) is 0 Å². The van der Waals surface area contributed by atoms with E-state index in [-0.39, 0.29) is 19.1 Å². The lowest BCUT2D eigenvalue weighted by Gasteiger charge is -2.20. The van der Waals surface area contributed by atoms with Crippen LogP contribution in [0, 0.1) is 0 Å². The number of esters is 1. The van der Waals surface area contributed by atoms with Crippen LogP contribution in [0.25, 0.3) is 22.8 Å². The Labute approximate surface area is 231 Å². The lowest BCUT2D eigenvalue weighted by atomic mass is 9.90. The summed E-state index contributed by atoms with van der Waals surface area (Å²) in [6.07, 6.45) is 3.99. The third-order valence-corrected chi connectivity index (χ3v) is 8.06. The third-order valence-electron chi connectivity index (χ3n) is 6.29. The number of halogens is 1. The first kappa shape index (κ1) is 26.1. The molecule has 0 spiro atoms. The number of benzene rings is 1. The first-order valence-electron chi connectivity index (χ1n) is 12.1. The fourth-order valence-corrected chi connectivity index (χ4v) is 6.33. The van der Waals surface area contributed by atoms with Gasteiger partial charge in [0.25, 0.3) is 0 Å². The van der Waals surface area contributed by atoms with E-state index in [0.717, 1.165) is 15.8 Å². The molecule has 1 saturated heterocycles. The maximum Gasteiger partial charge on any atom is 0.341 e. The number of nitrogens with one attached hydrogen (secondary N) is 1. The largest absolute Gasteiger partial charge is 0.462 e. The van der Waals surface area contributed by atoms with Crippen LogP contribution in [0.2, 0.25) is 0 Å². The molecular weight excluding hydrogens is 572 g/mol. The highest BCUT2D eigenvalue weighted by Gasteiger charge is 2.41. The summed E-state index contributed by atoms with van der Waals surface area (Å²) in [4.78, 5) is 40.9. The summed E-state index contributed by atoms with van der Waals surface area (Å²) in [5.41, 5.74) is 1.49. The van der Waals surface area contributed by atoms with E-state index in [0.29, 0.717) is 46.8 Å². The normalized spacial score (nSPS) is 17.4. The number of rotatable bonds is 8. The molecule has 38 heavy (non-hydrogen) atoms. The Kier molecular flexibility index (Phi) is 7.63. The molecule has 0 saturated carbocycles. The van der Waals surface area contributed by atoms with Gasteiger partial charge in [0.1, 0.15) is 10.6 Å². The summed E-state index contributed by atoms with van der Waals surface area (Å²) in [5.74, 6) is 0.517. The molecule has 1 atom stereocenters. The molecule has 0 radical (unpaired) electrons. The van der Waals surface area contributed by atoms with Crippen molar-refractivity contribution in [2.24, 2.45) is 0 Å². The van der Waals surface area contributed by atoms with Gasteiger partial charge >= 0.3 is 5.97 Å². The predicted molar refractivity (Wildman–Crippen MR) is 146 cm³/mol. The molecule has 1 fully saturated rings. The van der Waals surface area contributed by atoms with Gasteiger partial charge in [0.05, 0.1) is 22.4 Å². The van der Waals surface area contributed by atoms with Gasteiger partial charge in [-0.15, -0.1) is 11.3 Å². The molecule has 0 aliphatic carbocycles. The number of amides is 1. The first-order valence-corrected chi connectivity index (χ1v) is 13.7. The number of hydrogen-bond donors (Lipinski definition) is 1. The van der Waals surface area contributed by atoms with Gasteiger partial charge in [-0.3, -0.25) is 9.69 Å². The lowest BCUT2D eigenvalue weighted by molar-refractivity contribution is -0.117. The SMILES string of the molecule is CCOC(=O)c1c(NC(=O)CN2CCC(C)(c3nc(-c4ncccn4)no3)C2)sc(Br)c1-c1ccccc1. The topological polar surface area (TPSA) is 123 Å². The number of carbonyl (C=O) groups excluding carboxylic acids is 2. The van der Waals surface area contributed by atoms with Crippen molar-refractivity contribution >= 4 is 44.1 Å². The van der Waals surface area contributed by atoms with Crippen LogP contribution in [0.1, 0.15) is 36.5 Å². The highest BCUT2D eigenvalue weighted by atomic mass is 79.9. The Morgan fingerprint density at radius 3 is 2.68 bits per heavy atom. The molecule has 1 amide bonds. The van der Waals surface area contributed by atoms with E-state index in [4.69, 9.17) is 9.26 Å². The van der Waals surface area contributed by atoms with Crippen LogP contribution in [0.5, 0.6) is 0 Å². The molecular formula is C26H25BrN6O4S. The van der Waals surface area contributed by atoms with Crippen LogP contribution >= 0.6 is 27.3 Å². The van der Waals surface area contributed by atoms with Gasteiger partial charge in [-0.25, -0.2) is 14.8 Å². The van der Waals surface area contributed by atoms with Gasteiger partial charge in [0.15, 0.2) is 0 Å². The highest BCUT2D eigenvalue weighted by molar-refractivity contribution is 9.11. The van der Waals surface area contributed by atoms with Gasteiger partial charge in [0, 0.05) is 24.5 Å². The maximum atomic E-state index is 13.1. The molecule has 0 bridgehead atoms. The quantitative estimate of drug-likeness (QED) is 0.286. The van der Waals surface area contributed by atoms with Crippen molar-refractivity contribution in [3.05, 3.63) is 64.0 Å². The smallest absolute Gasteiger partial charge is 0.341 e. The van der Waals surface area contributed by atoms with E-state index in [2.05, 4.69) is 41.4 Å². The predicted octanol–water partition coefficient (Wildman–Crippen LogP) is 4.80. The Balaban J connectivity index is 1.30. The van der Waals surface area contributed by atoms with Crippen molar-refractivity contribution < 1.29 is 18.8 Å². The van der Waals surface area contributed by atoms with Crippen LogP contribution in [0.3, 0.4) is 0 Å². The number of likely N-dealkylation sites (tertiary alicyclic amines) is 1. The van der Waals surface area contributed by atoms with Crippen molar-refractivity contribution in [1.82, 2.24) is 25.0 Å². The average molecular weight is 597 g/mol. The number of ether oxygens (including phenoxy) is 1. The van der Waals surface area contributed by atoms with Crippen molar-refractivity contribution in [2.45, 2.75) is 25.7 Å². The molecule has 5 rings (SSSR count). The van der Waals surface area contributed by atoms with Crippen LogP contribution in [0.15, 0.2) is 57.1 Å². The number of hydrogen-bond acceptors (Lipinski definition) is 10. The molecule has 1 aliphatic rings. The van der Waals surface area contributed by atoms with E-state index in [1.807, 2.05) is 42.2 Å². The number of aromatic nitrogens is 4. The summed E-state index contributed by atoms with van der Waals surface area (Å²) in [6, 6.07) is 11.3. The van der Waals surface area contributed by atoms with E-state index in [9.17, 15) is 9.59 Å². The summed E-state index contributed by atoms with van der Waals surface area (Å²) in [5, 5.41) is 7.43. The number of thiophene rings is 1. The molecule has 3 aromatic heterocycles. The van der Waals surface area contributed by atoms with Gasteiger partial charge in [-0.05, 0) is 54.4 Å². The van der Waals surface area contributed by atoms with Crippen molar-refractivity contribution in [3.8, 4) is 22.8 Å². The second-order valence-corrected chi connectivity index (χ2v) is 11.4. The Morgan fingerprint density at radius 2 is 1.95 bits per heavy atom. The number of carbonyl (C=O) groups is 2. The monoisotopic (exact) mass is 596 g/mol. The van der Waals surface area contributed by atoms with Crippen LogP contribution in [-0.2, 0) is 14.9 Å². The van der Waals surface area contributed by atoms with E-state index in [1.54, 1.807) is 25.4 Å². The number of anilines is 1. The second-order valence-electron chi connectivity index (χ2n) is 9.11. The average Bonchev–Trinajstić information content (AvgIpc) is 3.63. The lowest BCUT2D eigenvalue weighted by Crippen LogP contribution is -2.34. The van der Waals surface area contributed by atoms with Crippen LogP contribution in [0.4, 0.5) is 5.00 Å². The summed E-state index contributed by atoms with van der Waals surface area (Å²) < 4.78 is 11.6. The van der Waals surface area contributed by atoms with E-state index in [1.165, 1.54) is 11.3 Å². The zero-order valence-corrected chi connectivity index (χ0v) is 23.2.